The summed E-state index contributed by atoms with van der Waals surface area (Å²) in [5.74, 6) is -1.06. The number of aromatic hydroxyl groups is 1. The second-order valence-electron chi connectivity index (χ2n) is 4.87. The number of phenolic OH excluding ortho intramolecular Hbond substituents is 1. The lowest BCUT2D eigenvalue weighted by atomic mass is 10.2. The number of anilines is 1. The van der Waals surface area contributed by atoms with E-state index in [2.05, 4.69) is 15.1 Å². The van der Waals surface area contributed by atoms with Gasteiger partial charge in [-0.2, -0.15) is 0 Å². The van der Waals surface area contributed by atoms with Gasteiger partial charge in [-0.15, -0.1) is 10.2 Å². The van der Waals surface area contributed by atoms with Crippen LogP contribution in [0.5, 0.6) is 5.75 Å². The van der Waals surface area contributed by atoms with Gasteiger partial charge in [-0.05, 0) is 38.1 Å². The van der Waals surface area contributed by atoms with Crippen molar-refractivity contribution in [1.29, 1.82) is 0 Å². The largest absolute Gasteiger partial charge is 0.506 e. The summed E-state index contributed by atoms with van der Waals surface area (Å²) in [5.41, 5.74) is 1.50. The van der Waals surface area contributed by atoms with Crippen LogP contribution in [-0.4, -0.2) is 29.3 Å². The maximum absolute atomic E-state index is 11.1. The van der Waals surface area contributed by atoms with E-state index in [4.69, 9.17) is 5.11 Å². The third kappa shape index (κ3) is 3.85. The normalized spacial score (nSPS) is 10.9. The summed E-state index contributed by atoms with van der Waals surface area (Å²) >= 11 is 0. The smallest absolute Gasteiger partial charge is 0.337 e. The molecule has 0 spiro atoms. The number of nitrogens with zero attached hydrogens (tertiary/aromatic N) is 3. The van der Waals surface area contributed by atoms with Crippen LogP contribution in [0.4, 0.5) is 17.1 Å². The zero-order valence-corrected chi connectivity index (χ0v) is 13.1. The monoisotopic (exact) mass is 313 g/mol. The molecule has 6 nitrogen and oxygen atoms in total. The summed E-state index contributed by atoms with van der Waals surface area (Å²) in [6.45, 7) is 5.75. The molecule has 6 heteroatoms. The molecule has 0 fully saturated rings. The Morgan fingerprint density at radius 2 is 1.70 bits per heavy atom. The summed E-state index contributed by atoms with van der Waals surface area (Å²) in [5, 5.41) is 27.1. The van der Waals surface area contributed by atoms with Gasteiger partial charge in [0.25, 0.3) is 0 Å². The van der Waals surface area contributed by atoms with Crippen LogP contribution in [0, 0.1) is 0 Å². The Morgan fingerprint density at radius 1 is 1.04 bits per heavy atom. The highest BCUT2D eigenvalue weighted by molar-refractivity contribution is 5.93. The van der Waals surface area contributed by atoms with Gasteiger partial charge >= 0.3 is 5.97 Å². The first-order valence-corrected chi connectivity index (χ1v) is 7.38. The van der Waals surface area contributed by atoms with E-state index >= 15 is 0 Å². The minimum atomic E-state index is -1.07. The highest BCUT2D eigenvalue weighted by Gasteiger charge is 2.09. The van der Waals surface area contributed by atoms with Gasteiger partial charge in [0.15, 0.2) is 0 Å². The molecule has 0 radical (unpaired) electrons. The van der Waals surface area contributed by atoms with Crippen LogP contribution in [0.25, 0.3) is 0 Å². The molecule has 2 aromatic carbocycles. The Labute approximate surface area is 134 Å². The van der Waals surface area contributed by atoms with Crippen molar-refractivity contribution in [2.75, 3.05) is 18.0 Å². The standard InChI is InChI=1S/C17H19N3O3/c1-3-20(4-2)12-9-10-15(16(21)11-12)19-18-14-8-6-5-7-13(14)17(22)23/h5-11,21H,3-4H2,1-2H3,(H,22,23). The number of benzene rings is 2. The van der Waals surface area contributed by atoms with Crippen LogP contribution in [0.1, 0.15) is 24.2 Å². The molecule has 0 atom stereocenters. The molecule has 23 heavy (non-hydrogen) atoms. The molecule has 120 valence electrons. The van der Waals surface area contributed by atoms with Gasteiger partial charge in [0, 0.05) is 24.8 Å². The van der Waals surface area contributed by atoms with Crippen molar-refractivity contribution in [3.05, 3.63) is 48.0 Å². The van der Waals surface area contributed by atoms with Crippen LogP contribution < -0.4 is 4.90 Å². The third-order valence-corrected chi connectivity index (χ3v) is 3.49. The summed E-state index contributed by atoms with van der Waals surface area (Å²) < 4.78 is 0. The van der Waals surface area contributed by atoms with Crippen molar-refractivity contribution < 1.29 is 15.0 Å². The Bertz CT molecular complexity index is 725. The van der Waals surface area contributed by atoms with E-state index < -0.39 is 5.97 Å². The van der Waals surface area contributed by atoms with E-state index in [0.29, 0.717) is 5.69 Å². The highest BCUT2D eigenvalue weighted by Crippen LogP contribution is 2.32. The van der Waals surface area contributed by atoms with Crippen molar-refractivity contribution in [3.8, 4) is 5.75 Å². The average Bonchev–Trinajstić information content (AvgIpc) is 2.55. The summed E-state index contributed by atoms with van der Waals surface area (Å²) in [6, 6.07) is 11.5. The molecule has 2 aromatic rings. The molecule has 0 saturated carbocycles. The minimum Gasteiger partial charge on any atom is -0.506 e. The summed E-state index contributed by atoms with van der Waals surface area (Å²) in [4.78, 5) is 13.2. The number of hydrogen-bond acceptors (Lipinski definition) is 5. The number of phenols is 1. The van der Waals surface area contributed by atoms with Crippen molar-refractivity contribution in [3.63, 3.8) is 0 Å². The van der Waals surface area contributed by atoms with Crippen molar-refractivity contribution in [2.45, 2.75) is 13.8 Å². The first kappa shape index (κ1) is 16.5. The highest BCUT2D eigenvalue weighted by atomic mass is 16.4. The number of azo groups is 1. The second kappa shape index (κ2) is 7.40. The van der Waals surface area contributed by atoms with Crippen molar-refractivity contribution in [1.82, 2.24) is 0 Å². The minimum absolute atomic E-state index is 0.00551. The zero-order chi connectivity index (χ0) is 16.8. The van der Waals surface area contributed by atoms with Gasteiger partial charge in [0.05, 0.1) is 5.56 Å². The van der Waals surface area contributed by atoms with Crippen molar-refractivity contribution >= 4 is 23.0 Å². The predicted molar refractivity (Wildman–Crippen MR) is 89.2 cm³/mol. The lowest BCUT2D eigenvalue weighted by Crippen LogP contribution is -2.21. The van der Waals surface area contributed by atoms with Crippen LogP contribution in [0.2, 0.25) is 0 Å². The fourth-order valence-corrected chi connectivity index (χ4v) is 2.23. The predicted octanol–water partition coefficient (Wildman–Crippen LogP) is 4.35. The maximum atomic E-state index is 11.1. The van der Waals surface area contributed by atoms with Gasteiger partial charge in [0.1, 0.15) is 17.1 Å². The Morgan fingerprint density at radius 3 is 2.30 bits per heavy atom. The first-order valence-electron chi connectivity index (χ1n) is 7.38. The van der Waals surface area contributed by atoms with Crippen LogP contribution in [0.15, 0.2) is 52.7 Å². The molecule has 0 heterocycles. The second-order valence-corrected chi connectivity index (χ2v) is 4.87. The van der Waals surface area contributed by atoms with Crippen LogP contribution >= 0.6 is 0 Å². The number of rotatable bonds is 6. The average molecular weight is 313 g/mol. The molecular formula is C17H19N3O3. The Balaban J connectivity index is 2.29. The number of carboxylic acids is 1. The molecule has 0 aliphatic carbocycles. The van der Waals surface area contributed by atoms with Crippen molar-refractivity contribution in [2.24, 2.45) is 10.2 Å². The molecule has 0 saturated heterocycles. The van der Waals surface area contributed by atoms with E-state index in [1.54, 1.807) is 30.3 Å². The van der Waals surface area contributed by atoms with E-state index in [0.717, 1.165) is 18.8 Å². The molecule has 2 rings (SSSR count). The summed E-state index contributed by atoms with van der Waals surface area (Å²) in [7, 11) is 0. The first-order chi connectivity index (χ1) is 11.1. The number of hydrogen-bond donors (Lipinski definition) is 2. The molecule has 2 N–H and O–H groups in total. The molecule has 0 amide bonds. The fourth-order valence-electron chi connectivity index (χ4n) is 2.23. The lowest BCUT2D eigenvalue weighted by Gasteiger charge is -2.21. The number of carbonyl (C=O) groups is 1. The van der Waals surface area contributed by atoms with E-state index in [1.807, 2.05) is 19.9 Å². The van der Waals surface area contributed by atoms with Gasteiger partial charge in [-0.3, -0.25) is 0 Å². The van der Waals surface area contributed by atoms with Crippen LogP contribution in [-0.2, 0) is 0 Å². The van der Waals surface area contributed by atoms with Gasteiger partial charge < -0.3 is 15.1 Å². The van der Waals surface area contributed by atoms with E-state index in [-0.39, 0.29) is 17.0 Å². The quantitative estimate of drug-likeness (QED) is 0.776. The summed E-state index contributed by atoms with van der Waals surface area (Å²) in [6.07, 6.45) is 0. The topological polar surface area (TPSA) is 85.5 Å². The molecule has 0 aliphatic heterocycles. The van der Waals surface area contributed by atoms with Gasteiger partial charge in [-0.25, -0.2) is 4.79 Å². The fraction of sp³-hybridized carbons (Fsp3) is 0.235. The maximum Gasteiger partial charge on any atom is 0.337 e. The Hall–Kier alpha value is -2.89. The number of aromatic carboxylic acids is 1. The molecule has 0 unspecified atom stereocenters. The molecular weight excluding hydrogens is 294 g/mol. The molecule has 0 bridgehead atoms. The molecule has 0 aromatic heterocycles. The Kier molecular flexibility index (Phi) is 5.30. The third-order valence-electron chi connectivity index (χ3n) is 3.49. The number of carboxylic acid groups (broad SMARTS) is 1. The SMILES string of the molecule is CCN(CC)c1ccc(N=Nc2ccccc2C(=O)O)c(O)c1. The van der Waals surface area contributed by atoms with Gasteiger partial charge in [0.2, 0.25) is 0 Å². The van der Waals surface area contributed by atoms with E-state index in [1.165, 1.54) is 6.07 Å². The van der Waals surface area contributed by atoms with Gasteiger partial charge in [-0.1, -0.05) is 12.1 Å². The van der Waals surface area contributed by atoms with Crippen LogP contribution in [0.3, 0.4) is 0 Å². The molecule has 0 aliphatic rings. The lowest BCUT2D eigenvalue weighted by molar-refractivity contribution is 0.0697. The zero-order valence-electron chi connectivity index (χ0n) is 13.1. The van der Waals surface area contributed by atoms with E-state index in [9.17, 15) is 9.90 Å².